The first-order chi connectivity index (χ1) is 14.9. The molecule has 0 bridgehead atoms. The van der Waals surface area contributed by atoms with Gasteiger partial charge in [0.05, 0.1) is 31.0 Å². The van der Waals surface area contributed by atoms with Crippen LogP contribution in [0.2, 0.25) is 0 Å². The van der Waals surface area contributed by atoms with Crippen molar-refractivity contribution in [2.45, 2.75) is 37.9 Å². The Morgan fingerprint density at radius 1 is 1.32 bits per heavy atom. The van der Waals surface area contributed by atoms with Crippen LogP contribution in [0.5, 0.6) is 0 Å². The first-order valence-corrected chi connectivity index (χ1v) is 10.3. The number of anilines is 1. The maximum atomic E-state index is 13.7. The number of allylic oxidation sites excluding steroid dienone is 1. The lowest BCUT2D eigenvalue weighted by Gasteiger charge is -2.45. The van der Waals surface area contributed by atoms with E-state index in [9.17, 15) is 9.59 Å². The Labute approximate surface area is 180 Å². The van der Waals surface area contributed by atoms with Gasteiger partial charge in [0.1, 0.15) is 17.9 Å². The van der Waals surface area contributed by atoms with Gasteiger partial charge in [0.2, 0.25) is 5.91 Å². The number of aromatic nitrogens is 2. The van der Waals surface area contributed by atoms with Crippen molar-refractivity contribution in [3.8, 4) is 0 Å². The van der Waals surface area contributed by atoms with E-state index in [2.05, 4.69) is 41.8 Å². The monoisotopic (exact) mass is 419 g/mol. The average molecular weight is 419 g/mol. The standard InChI is InChI=1S/C23H25N5O3/c1-5-22(2,3)23-11-18-19(29)26-16(10-14-12-24-13-25-14)20(30)27(18)21(23)28(31-4)17-9-7-6-8-15(17)23/h5-10,12-13,18,21H,1,11H2,2-4H3,(H,24,25)(H,26,29)/b16-10+. The molecule has 8 heteroatoms. The summed E-state index contributed by atoms with van der Waals surface area (Å²) >= 11 is 0. The van der Waals surface area contributed by atoms with Crippen LogP contribution in [0.25, 0.3) is 6.08 Å². The number of hydroxylamine groups is 1. The van der Waals surface area contributed by atoms with Crippen LogP contribution in [0.1, 0.15) is 31.5 Å². The summed E-state index contributed by atoms with van der Waals surface area (Å²) in [6.07, 6.45) is 6.64. The Morgan fingerprint density at radius 2 is 2.10 bits per heavy atom. The second-order valence-corrected chi connectivity index (χ2v) is 8.78. The van der Waals surface area contributed by atoms with Crippen molar-refractivity contribution >= 4 is 23.6 Å². The molecule has 2 amide bonds. The lowest BCUT2D eigenvalue weighted by molar-refractivity contribution is -0.143. The second kappa shape index (κ2) is 6.55. The highest BCUT2D eigenvalue weighted by molar-refractivity contribution is 6.08. The van der Waals surface area contributed by atoms with Crippen molar-refractivity contribution in [1.82, 2.24) is 20.2 Å². The zero-order valence-electron chi connectivity index (χ0n) is 17.8. The number of imidazole rings is 1. The number of fused-ring (bicyclic) bond motifs is 5. The number of piperazine rings is 1. The Morgan fingerprint density at radius 3 is 2.77 bits per heavy atom. The highest BCUT2D eigenvalue weighted by atomic mass is 16.7. The van der Waals surface area contributed by atoms with Crippen LogP contribution >= 0.6 is 0 Å². The Hall–Kier alpha value is -3.39. The summed E-state index contributed by atoms with van der Waals surface area (Å²) in [5.41, 5.74) is 1.82. The fourth-order valence-electron chi connectivity index (χ4n) is 5.46. The molecule has 1 aromatic heterocycles. The van der Waals surface area contributed by atoms with Gasteiger partial charge in [0.15, 0.2) is 0 Å². The molecule has 1 aromatic carbocycles. The van der Waals surface area contributed by atoms with E-state index in [1.54, 1.807) is 29.3 Å². The Bertz CT molecular complexity index is 1110. The van der Waals surface area contributed by atoms with Gasteiger partial charge in [-0.05, 0) is 29.5 Å². The largest absolute Gasteiger partial charge is 0.345 e. The number of H-pyrrole nitrogens is 1. The summed E-state index contributed by atoms with van der Waals surface area (Å²) < 4.78 is 0. The molecule has 2 fully saturated rings. The van der Waals surface area contributed by atoms with E-state index in [1.165, 1.54) is 6.33 Å². The molecule has 3 aliphatic rings. The maximum Gasteiger partial charge on any atom is 0.272 e. The third kappa shape index (κ3) is 2.42. The van der Waals surface area contributed by atoms with E-state index < -0.39 is 23.0 Å². The number of hydrogen-bond acceptors (Lipinski definition) is 5. The molecule has 2 N–H and O–H groups in total. The number of benzene rings is 1. The second-order valence-electron chi connectivity index (χ2n) is 8.78. The third-order valence-electron chi connectivity index (χ3n) is 7.10. The molecule has 2 saturated heterocycles. The topological polar surface area (TPSA) is 90.6 Å². The van der Waals surface area contributed by atoms with Gasteiger partial charge in [-0.3, -0.25) is 14.4 Å². The fourth-order valence-corrected chi connectivity index (χ4v) is 5.46. The number of aromatic amines is 1. The molecular weight excluding hydrogens is 394 g/mol. The normalized spacial score (nSPS) is 28.4. The van der Waals surface area contributed by atoms with Crippen molar-refractivity contribution in [3.05, 3.63) is 66.4 Å². The third-order valence-corrected chi connectivity index (χ3v) is 7.10. The summed E-state index contributed by atoms with van der Waals surface area (Å²) in [5.74, 6) is -0.451. The number of carbonyl (C=O) groups excluding carboxylic acids is 2. The van der Waals surface area contributed by atoms with Crippen LogP contribution in [-0.4, -0.2) is 46.0 Å². The molecule has 0 saturated carbocycles. The van der Waals surface area contributed by atoms with Crippen molar-refractivity contribution in [2.24, 2.45) is 5.41 Å². The molecular formula is C23H25N5O3. The van der Waals surface area contributed by atoms with Crippen LogP contribution in [0.4, 0.5) is 5.69 Å². The van der Waals surface area contributed by atoms with E-state index in [4.69, 9.17) is 4.84 Å². The lowest BCUT2D eigenvalue weighted by Crippen LogP contribution is -2.61. The van der Waals surface area contributed by atoms with Gasteiger partial charge in [-0.2, -0.15) is 0 Å². The number of nitrogens with one attached hydrogen (secondary N) is 2. The van der Waals surface area contributed by atoms with Crippen LogP contribution in [0.3, 0.4) is 0 Å². The van der Waals surface area contributed by atoms with E-state index in [-0.39, 0.29) is 17.5 Å². The lowest BCUT2D eigenvalue weighted by atomic mass is 9.60. The van der Waals surface area contributed by atoms with Crippen LogP contribution in [0.15, 0.2) is 55.1 Å². The van der Waals surface area contributed by atoms with Gasteiger partial charge in [0, 0.05) is 5.41 Å². The van der Waals surface area contributed by atoms with E-state index in [1.807, 2.05) is 24.3 Å². The molecule has 0 spiro atoms. The van der Waals surface area contributed by atoms with Crippen molar-refractivity contribution in [3.63, 3.8) is 0 Å². The minimum absolute atomic E-state index is 0.201. The summed E-state index contributed by atoms with van der Waals surface area (Å²) in [6.45, 7) is 8.30. The number of rotatable bonds is 4. The van der Waals surface area contributed by atoms with E-state index >= 15 is 0 Å². The van der Waals surface area contributed by atoms with Gasteiger partial charge in [-0.15, -0.1) is 6.58 Å². The van der Waals surface area contributed by atoms with Crippen molar-refractivity contribution in [1.29, 1.82) is 0 Å². The van der Waals surface area contributed by atoms with Gasteiger partial charge in [-0.1, -0.05) is 38.1 Å². The zero-order valence-corrected chi connectivity index (χ0v) is 17.8. The molecule has 31 heavy (non-hydrogen) atoms. The predicted octanol–water partition coefficient (Wildman–Crippen LogP) is 2.34. The number of para-hydroxylation sites is 1. The molecule has 2 aromatic rings. The van der Waals surface area contributed by atoms with Crippen LogP contribution < -0.4 is 10.4 Å². The number of hydrogen-bond donors (Lipinski definition) is 2. The van der Waals surface area contributed by atoms with E-state index in [0.717, 1.165) is 11.3 Å². The van der Waals surface area contributed by atoms with Crippen LogP contribution in [0, 0.1) is 5.41 Å². The van der Waals surface area contributed by atoms with Gasteiger partial charge in [0.25, 0.3) is 5.91 Å². The number of carbonyl (C=O) groups is 2. The first-order valence-electron chi connectivity index (χ1n) is 10.3. The number of amides is 2. The maximum absolute atomic E-state index is 13.7. The highest BCUT2D eigenvalue weighted by Gasteiger charge is 2.69. The molecule has 3 atom stereocenters. The molecule has 8 nitrogen and oxygen atoms in total. The molecule has 0 radical (unpaired) electrons. The highest BCUT2D eigenvalue weighted by Crippen LogP contribution is 2.62. The average Bonchev–Trinajstić information content (AvgIpc) is 3.45. The smallest absolute Gasteiger partial charge is 0.272 e. The molecule has 4 heterocycles. The quantitative estimate of drug-likeness (QED) is 0.586. The molecule has 5 rings (SSSR count). The Kier molecular flexibility index (Phi) is 4.14. The SMILES string of the molecule is C=CC(C)(C)C12CC3C(=O)N/C(=C/c4cnc[nH]4)C(=O)N3C1N(OC)c1ccccc12. The van der Waals surface area contributed by atoms with E-state index in [0.29, 0.717) is 12.1 Å². The summed E-state index contributed by atoms with van der Waals surface area (Å²) in [5, 5.41) is 4.58. The number of nitrogens with zero attached hydrogens (tertiary/aromatic N) is 3. The van der Waals surface area contributed by atoms with Crippen molar-refractivity contribution < 1.29 is 14.4 Å². The summed E-state index contributed by atoms with van der Waals surface area (Å²) in [4.78, 5) is 41.3. The molecule has 3 unspecified atom stereocenters. The fraction of sp³-hybridized carbons (Fsp3) is 0.348. The minimum atomic E-state index is -0.610. The zero-order chi connectivity index (χ0) is 22.0. The Balaban J connectivity index is 1.71. The summed E-state index contributed by atoms with van der Waals surface area (Å²) in [7, 11) is 1.59. The van der Waals surface area contributed by atoms with Crippen molar-refractivity contribution in [2.75, 3.05) is 12.2 Å². The van der Waals surface area contributed by atoms with Gasteiger partial charge in [-0.25, -0.2) is 10.0 Å². The molecule has 160 valence electrons. The predicted molar refractivity (Wildman–Crippen MR) is 115 cm³/mol. The minimum Gasteiger partial charge on any atom is -0.345 e. The first kappa shape index (κ1) is 19.6. The molecule has 3 aliphatic heterocycles. The van der Waals surface area contributed by atoms with Gasteiger partial charge >= 0.3 is 0 Å². The van der Waals surface area contributed by atoms with Crippen LogP contribution in [-0.2, 0) is 19.8 Å². The molecule has 0 aliphatic carbocycles. The summed E-state index contributed by atoms with van der Waals surface area (Å²) in [6, 6.07) is 7.38. The van der Waals surface area contributed by atoms with Gasteiger partial charge < -0.3 is 15.2 Å².